The first-order valence-electron chi connectivity index (χ1n) is 12.6. The minimum absolute atomic E-state index is 0.0155. The van der Waals surface area contributed by atoms with Crippen molar-refractivity contribution in [3.8, 4) is 12.3 Å². The van der Waals surface area contributed by atoms with Crippen LogP contribution in [0.5, 0.6) is 0 Å². The second kappa shape index (κ2) is 11.9. The fourth-order valence-electron chi connectivity index (χ4n) is 5.08. The molecule has 1 saturated carbocycles. The van der Waals surface area contributed by atoms with Crippen molar-refractivity contribution in [1.82, 2.24) is 15.6 Å². The maximum Gasteiger partial charge on any atom is 0.416 e. The number of carbonyl (C=O) groups is 1. The summed E-state index contributed by atoms with van der Waals surface area (Å²) in [7, 11) is 0. The molecule has 1 aliphatic carbocycles. The quantitative estimate of drug-likeness (QED) is 0.122. The molecule has 1 aromatic heterocycles. The zero-order valence-electron chi connectivity index (χ0n) is 21.1. The summed E-state index contributed by atoms with van der Waals surface area (Å²) in [5.41, 5.74) is -1.90. The van der Waals surface area contributed by atoms with Crippen LogP contribution in [-0.2, 0) is 22.6 Å². The van der Waals surface area contributed by atoms with Crippen LogP contribution in [0.3, 0.4) is 0 Å². The van der Waals surface area contributed by atoms with Crippen molar-refractivity contribution in [2.45, 2.75) is 60.2 Å². The topological polar surface area (TPSA) is 54.0 Å². The number of benzene rings is 2. The summed E-state index contributed by atoms with van der Waals surface area (Å²) in [6.07, 6.45) is 6.52. The lowest BCUT2D eigenvalue weighted by Crippen LogP contribution is -2.58. The molecule has 9 heteroatoms. The van der Waals surface area contributed by atoms with Gasteiger partial charge in [-0.2, -0.15) is 13.2 Å². The Labute approximate surface area is 239 Å². The van der Waals surface area contributed by atoms with Gasteiger partial charge in [0.15, 0.2) is 0 Å². The first kappa shape index (κ1) is 28.9. The molecule has 4 nitrogen and oxygen atoms in total. The fourth-order valence-corrected chi connectivity index (χ4v) is 5.53. The van der Waals surface area contributed by atoms with E-state index in [2.05, 4.69) is 44.1 Å². The SMILES string of the molecule is C#CC1(NC(=O)N[C@@](Cc2ccccc2)(c2cc(F)cc(C(F)(F)F)c2)c2ccc(CI)cn2)CCCCC1. The summed E-state index contributed by atoms with van der Waals surface area (Å²) >= 11 is 2.18. The monoisotopic (exact) mass is 649 g/mol. The van der Waals surface area contributed by atoms with E-state index in [1.807, 2.05) is 6.07 Å². The molecule has 0 bridgehead atoms. The molecule has 204 valence electrons. The Bertz CT molecular complexity index is 1330. The number of carbonyl (C=O) groups excluding carboxylic acids is 1. The number of aromatic nitrogens is 1. The summed E-state index contributed by atoms with van der Waals surface area (Å²) in [4.78, 5) is 18.2. The average Bonchev–Trinajstić information content (AvgIpc) is 2.93. The van der Waals surface area contributed by atoms with E-state index in [9.17, 15) is 22.4 Å². The van der Waals surface area contributed by atoms with Crippen LogP contribution in [0.1, 0.15) is 60.1 Å². The lowest BCUT2D eigenvalue weighted by Gasteiger charge is -2.39. The summed E-state index contributed by atoms with van der Waals surface area (Å²) in [5.74, 6) is 1.65. The minimum Gasteiger partial charge on any atom is -0.323 e. The van der Waals surface area contributed by atoms with Crippen molar-refractivity contribution in [2.24, 2.45) is 0 Å². The van der Waals surface area contributed by atoms with Gasteiger partial charge in [-0.1, -0.05) is 84.2 Å². The first-order valence-corrected chi connectivity index (χ1v) is 14.1. The molecule has 4 rings (SSSR count). The van der Waals surface area contributed by atoms with Gasteiger partial charge in [0.05, 0.1) is 11.3 Å². The van der Waals surface area contributed by atoms with E-state index in [1.165, 1.54) is 0 Å². The van der Waals surface area contributed by atoms with Crippen molar-refractivity contribution in [2.75, 3.05) is 0 Å². The van der Waals surface area contributed by atoms with E-state index in [4.69, 9.17) is 6.42 Å². The zero-order chi connectivity index (χ0) is 28.1. The lowest BCUT2D eigenvalue weighted by molar-refractivity contribution is -0.137. The van der Waals surface area contributed by atoms with Gasteiger partial charge >= 0.3 is 12.2 Å². The average molecular weight is 649 g/mol. The number of nitrogens with zero attached hydrogens (tertiary/aromatic N) is 1. The van der Waals surface area contributed by atoms with Crippen LogP contribution in [-0.4, -0.2) is 16.6 Å². The Balaban J connectivity index is 1.90. The largest absolute Gasteiger partial charge is 0.416 e. The van der Waals surface area contributed by atoms with Gasteiger partial charge in [-0.25, -0.2) is 9.18 Å². The molecule has 1 heterocycles. The van der Waals surface area contributed by atoms with E-state index in [-0.39, 0.29) is 17.7 Å². The Morgan fingerprint density at radius 1 is 1.00 bits per heavy atom. The van der Waals surface area contributed by atoms with Crippen LogP contribution in [0.4, 0.5) is 22.4 Å². The number of terminal acetylenes is 1. The van der Waals surface area contributed by atoms with Crippen molar-refractivity contribution >= 4 is 28.6 Å². The number of pyridine rings is 1. The normalized spacial score (nSPS) is 16.5. The molecule has 0 saturated heterocycles. The molecule has 3 aromatic rings. The van der Waals surface area contributed by atoms with Gasteiger partial charge in [0.25, 0.3) is 0 Å². The number of halogens is 5. The van der Waals surface area contributed by atoms with Gasteiger partial charge in [-0.3, -0.25) is 4.98 Å². The predicted molar refractivity (Wildman–Crippen MR) is 151 cm³/mol. The maximum absolute atomic E-state index is 14.8. The van der Waals surface area contributed by atoms with Crippen LogP contribution in [0.25, 0.3) is 0 Å². The van der Waals surface area contributed by atoms with Crippen molar-refractivity contribution in [1.29, 1.82) is 0 Å². The second-order valence-corrected chi connectivity index (χ2v) is 10.6. The zero-order valence-corrected chi connectivity index (χ0v) is 23.3. The number of rotatable bonds is 7. The van der Waals surface area contributed by atoms with E-state index in [0.717, 1.165) is 37.0 Å². The summed E-state index contributed by atoms with van der Waals surface area (Å²) in [5, 5.41) is 5.83. The number of hydrogen-bond acceptors (Lipinski definition) is 2. The minimum atomic E-state index is -4.80. The smallest absolute Gasteiger partial charge is 0.323 e. The maximum atomic E-state index is 14.8. The van der Waals surface area contributed by atoms with Gasteiger partial charge in [0.1, 0.15) is 16.9 Å². The molecule has 39 heavy (non-hydrogen) atoms. The summed E-state index contributed by atoms with van der Waals surface area (Å²) in [6, 6.07) is 14.1. The molecular formula is C30H28F4IN3O. The number of amides is 2. The van der Waals surface area contributed by atoms with Gasteiger partial charge in [0, 0.05) is 17.0 Å². The number of urea groups is 1. The van der Waals surface area contributed by atoms with Gasteiger partial charge in [0.2, 0.25) is 0 Å². The third-order valence-corrected chi connectivity index (χ3v) is 7.99. The number of nitrogens with one attached hydrogen (secondary N) is 2. The standard InChI is InChI=1S/C30H28F4IN3O/c1-2-28(13-7-4-8-14-28)37-27(39)38-29(18-21-9-5-3-6-10-21,26-12-11-22(19-35)20-36-26)23-15-24(30(32,33)34)17-25(31)16-23/h1,3,5-6,9-12,15-17,20H,4,7-8,13-14,18-19H2,(H2,37,38,39)/t29-/m0/s1. The highest BCUT2D eigenvalue weighted by Gasteiger charge is 2.42. The van der Waals surface area contributed by atoms with Gasteiger partial charge in [-0.15, -0.1) is 6.42 Å². The van der Waals surface area contributed by atoms with Crippen LogP contribution in [0.15, 0.2) is 66.9 Å². The summed E-state index contributed by atoms with van der Waals surface area (Å²) < 4.78 is 57.0. The molecule has 0 aliphatic heterocycles. The highest BCUT2D eigenvalue weighted by molar-refractivity contribution is 14.1. The van der Waals surface area contributed by atoms with Crippen molar-refractivity contribution < 1.29 is 22.4 Å². The Kier molecular flexibility index (Phi) is 8.84. The highest BCUT2D eigenvalue weighted by atomic mass is 127. The molecule has 1 aliphatic rings. The van der Waals surface area contributed by atoms with Crippen LogP contribution >= 0.6 is 22.6 Å². The molecule has 1 atom stereocenters. The second-order valence-electron chi connectivity index (χ2n) is 9.85. The van der Waals surface area contributed by atoms with E-state index in [0.29, 0.717) is 28.9 Å². The van der Waals surface area contributed by atoms with E-state index < -0.39 is 34.7 Å². The Morgan fingerprint density at radius 2 is 1.69 bits per heavy atom. The van der Waals surface area contributed by atoms with Crippen LogP contribution < -0.4 is 10.6 Å². The van der Waals surface area contributed by atoms with E-state index in [1.54, 1.807) is 42.6 Å². The Morgan fingerprint density at radius 3 is 2.28 bits per heavy atom. The van der Waals surface area contributed by atoms with Crippen LogP contribution in [0.2, 0.25) is 0 Å². The summed E-state index contributed by atoms with van der Waals surface area (Å²) in [6.45, 7) is 0. The molecule has 2 N–H and O–H groups in total. The molecule has 0 radical (unpaired) electrons. The van der Waals surface area contributed by atoms with E-state index >= 15 is 0 Å². The van der Waals surface area contributed by atoms with Crippen LogP contribution in [0, 0.1) is 18.2 Å². The van der Waals surface area contributed by atoms with Gasteiger partial charge in [-0.05, 0) is 53.8 Å². The van der Waals surface area contributed by atoms with Crippen molar-refractivity contribution in [3.63, 3.8) is 0 Å². The third-order valence-electron chi connectivity index (χ3n) is 7.11. The number of hydrogen-bond donors (Lipinski definition) is 2. The fraction of sp³-hybridized carbons (Fsp3) is 0.333. The highest BCUT2D eigenvalue weighted by Crippen LogP contribution is 2.38. The number of alkyl halides is 4. The third kappa shape index (κ3) is 6.72. The molecule has 1 fully saturated rings. The predicted octanol–water partition coefficient (Wildman–Crippen LogP) is 7.30. The molecule has 2 amide bonds. The van der Waals surface area contributed by atoms with Crippen molar-refractivity contribution in [3.05, 3.63) is 101 Å². The molecule has 0 spiro atoms. The lowest BCUT2D eigenvalue weighted by atomic mass is 9.79. The Hall–Kier alpha value is -3.13. The first-order chi connectivity index (χ1) is 18.6. The molecule has 2 aromatic carbocycles. The molecular weight excluding hydrogens is 621 g/mol. The molecule has 0 unspecified atom stereocenters. The van der Waals surface area contributed by atoms with Gasteiger partial charge < -0.3 is 10.6 Å².